The van der Waals surface area contributed by atoms with E-state index in [0.29, 0.717) is 40.0 Å². The number of pyridine rings is 1. The van der Waals surface area contributed by atoms with Crippen LogP contribution in [0.3, 0.4) is 0 Å². The van der Waals surface area contributed by atoms with E-state index in [1.54, 1.807) is 54.9 Å². The smallest absolute Gasteiger partial charge is 0.295 e. The molecule has 4 rings (SSSR count). The molecule has 1 N–H and O–H groups in total. The molecular formula is C28H26Cl2N2O4. The Morgan fingerprint density at radius 1 is 1.11 bits per heavy atom. The number of amides is 1. The van der Waals surface area contributed by atoms with Crippen LogP contribution in [0, 0.1) is 12.8 Å². The molecule has 6 nitrogen and oxygen atoms in total. The van der Waals surface area contributed by atoms with Crippen LogP contribution in [0.4, 0.5) is 0 Å². The number of carbonyl (C=O) groups excluding carboxylic acids is 2. The highest BCUT2D eigenvalue weighted by Crippen LogP contribution is 2.42. The lowest BCUT2D eigenvalue weighted by Crippen LogP contribution is -2.29. The molecule has 1 fully saturated rings. The topological polar surface area (TPSA) is 79.7 Å². The van der Waals surface area contributed by atoms with E-state index in [1.165, 1.54) is 4.90 Å². The van der Waals surface area contributed by atoms with Gasteiger partial charge in [0.05, 0.1) is 28.3 Å². The summed E-state index contributed by atoms with van der Waals surface area (Å²) in [6.07, 6.45) is 3.26. The van der Waals surface area contributed by atoms with E-state index >= 15 is 0 Å². The number of hydrogen-bond donors (Lipinski definition) is 1. The molecule has 0 radical (unpaired) electrons. The van der Waals surface area contributed by atoms with Crippen LogP contribution in [0.1, 0.15) is 42.1 Å². The molecule has 0 bridgehead atoms. The summed E-state index contributed by atoms with van der Waals surface area (Å²) in [4.78, 5) is 32.0. The molecule has 186 valence electrons. The predicted octanol–water partition coefficient (Wildman–Crippen LogP) is 6.35. The van der Waals surface area contributed by atoms with Gasteiger partial charge in [-0.15, -0.1) is 0 Å². The van der Waals surface area contributed by atoms with Crippen molar-refractivity contribution in [3.8, 4) is 5.75 Å². The molecule has 2 aromatic carbocycles. The first-order valence-electron chi connectivity index (χ1n) is 11.5. The highest BCUT2D eigenvalue weighted by atomic mass is 35.5. The monoisotopic (exact) mass is 524 g/mol. The van der Waals surface area contributed by atoms with Crippen molar-refractivity contribution in [2.75, 3.05) is 6.61 Å². The molecule has 1 amide bonds. The number of benzene rings is 2. The predicted molar refractivity (Wildman–Crippen MR) is 140 cm³/mol. The van der Waals surface area contributed by atoms with E-state index in [-0.39, 0.29) is 22.9 Å². The second-order valence-corrected chi connectivity index (χ2v) is 9.96. The van der Waals surface area contributed by atoms with Gasteiger partial charge in [-0.1, -0.05) is 49.2 Å². The lowest BCUT2D eigenvalue weighted by molar-refractivity contribution is -0.140. The first-order chi connectivity index (χ1) is 17.2. The molecule has 0 aliphatic carbocycles. The number of aliphatic hydroxyl groups is 1. The van der Waals surface area contributed by atoms with Crippen LogP contribution in [0.25, 0.3) is 5.76 Å². The second-order valence-electron chi connectivity index (χ2n) is 9.14. The molecule has 1 aliphatic heterocycles. The Hall–Kier alpha value is -3.35. The van der Waals surface area contributed by atoms with Crippen molar-refractivity contribution >= 4 is 40.7 Å². The summed E-state index contributed by atoms with van der Waals surface area (Å²) < 4.78 is 5.78. The van der Waals surface area contributed by atoms with Crippen LogP contribution >= 0.6 is 23.2 Å². The lowest BCUT2D eigenvalue weighted by atomic mass is 9.93. The maximum Gasteiger partial charge on any atom is 0.295 e. The number of halogens is 2. The van der Waals surface area contributed by atoms with Crippen molar-refractivity contribution in [3.05, 3.63) is 98.8 Å². The lowest BCUT2D eigenvalue weighted by Gasteiger charge is -2.25. The third-order valence-corrected chi connectivity index (χ3v) is 6.65. The minimum absolute atomic E-state index is 0.0128. The molecule has 0 unspecified atom stereocenters. The number of Topliss-reactive ketones (excluding diaryl/α,β-unsaturated/α-hetero) is 1. The van der Waals surface area contributed by atoms with Crippen molar-refractivity contribution < 1.29 is 19.4 Å². The zero-order valence-corrected chi connectivity index (χ0v) is 21.7. The zero-order chi connectivity index (χ0) is 26.0. The number of carbonyl (C=O) groups is 2. The van der Waals surface area contributed by atoms with E-state index in [1.807, 2.05) is 13.0 Å². The average molecular weight is 525 g/mol. The van der Waals surface area contributed by atoms with Crippen LogP contribution in [-0.2, 0) is 16.1 Å². The van der Waals surface area contributed by atoms with Gasteiger partial charge in [0.25, 0.3) is 11.7 Å². The van der Waals surface area contributed by atoms with E-state index in [2.05, 4.69) is 18.8 Å². The Balaban J connectivity index is 1.82. The number of hydrogen-bond acceptors (Lipinski definition) is 5. The summed E-state index contributed by atoms with van der Waals surface area (Å²) in [5.74, 6) is -0.722. The molecule has 2 heterocycles. The number of aryl methyl sites for hydroxylation is 1. The Bertz CT molecular complexity index is 1340. The largest absolute Gasteiger partial charge is 0.507 e. The van der Waals surface area contributed by atoms with Crippen LogP contribution in [0.15, 0.2) is 66.5 Å². The molecule has 0 saturated carbocycles. The van der Waals surface area contributed by atoms with Gasteiger partial charge >= 0.3 is 0 Å². The quantitative estimate of drug-likeness (QED) is 0.221. The maximum atomic E-state index is 13.3. The number of aromatic nitrogens is 1. The van der Waals surface area contributed by atoms with Gasteiger partial charge in [0, 0.05) is 24.5 Å². The maximum absolute atomic E-state index is 13.3. The summed E-state index contributed by atoms with van der Waals surface area (Å²) >= 11 is 12.4. The first kappa shape index (κ1) is 25.7. The number of aliphatic hydroxyl groups excluding tert-OH is 1. The van der Waals surface area contributed by atoms with E-state index in [9.17, 15) is 14.7 Å². The van der Waals surface area contributed by atoms with Gasteiger partial charge in [-0.3, -0.25) is 14.6 Å². The SMILES string of the molecule is Cc1cc(OCC(C)C)ccc1C(O)=C1C(=O)C(=O)N(Cc2cccnc2)[C@H]1c1ccc(Cl)c(Cl)c1. The molecule has 3 aromatic rings. The fourth-order valence-corrected chi connectivity index (χ4v) is 4.47. The minimum Gasteiger partial charge on any atom is -0.507 e. The summed E-state index contributed by atoms with van der Waals surface area (Å²) in [5, 5.41) is 12.0. The fraction of sp³-hybridized carbons (Fsp3) is 0.250. The second kappa shape index (κ2) is 10.7. The normalized spacial score (nSPS) is 17.2. The van der Waals surface area contributed by atoms with E-state index in [0.717, 1.165) is 5.56 Å². The summed E-state index contributed by atoms with van der Waals surface area (Å²) in [7, 11) is 0. The van der Waals surface area contributed by atoms with Crippen LogP contribution in [-0.4, -0.2) is 33.3 Å². The Morgan fingerprint density at radius 2 is 1.89 bits per heavy atom. The van der Waals surface area contributed by atoms with Gasteiger partial charge in [0.2, 0.25) is 0 Å². The average Bonchev–Trinajstić information content (AvgIpc) is 3.09. The molecular weight excluding hydrogens is 499 g/mol. The van der Waals surface area contributed by atoms with Crippen molar-refractivity contribution in [2.24, 2.45) is 5.92 Å². The number of rotatable bonds is 7. The Kier molecular flexibility index (Phi) is 7.67. The first-order valence-corrected chi connectivity index (χ1v) is 12.3. The molecule has 1 aliphatic rings. The van der Waals surface area contributed by atoms with Crippen molar-refractivity contribution in [1.29, 1.82) is 0 Å². The van der Waals surface area contributed by atoms with E-state index in [4.69, 9.17) is 27.9 Å². The standard InChI is InChI=1S/C28H26Cl2N2O4/c1-16(2)15-36-20-7-8-21(17(3)11-20)26(33)24-25(19-6-9-22(29)23(30)12-19)32(28(35)27(24)34)14-18-5-4-10-31-13-18/h4-13,16,25,33H,14-15H2,1-3H3/t25-/m0/s1. The summed E-state index contributed by atoms with van der Waals surface area (Å²) in [5.41, 5.74) is 2.44. The molecule has 36 heavy (non-hydrogen) atoms. The highest BCUT2D eigenvalue weighted by Gasteiger charge is 2.46. The fourth-order valence-electron chi connectivity index (χ4n) is 4.16. The van der Waals surface area contributed by atoms with Gasteiger partial charge in [-0.2, -0.15) is 0 Å². The minimum atomic E-state index is -0.865. The third kappa shape index (κ3) is 5.25. The number of likely N-dealkylation sites (tertiary alicyclic amines) is 1. The van der Waals surface area contributed by atoms with Crippen molar-refractivity contribution in [1.82, 2.24) is 9.88 Å². The van der Waals surface area contributed by atoms with Gasteiger partial charge in [0.15, 0.2) is 0 Å². The van der Waals surface area contributed by atoms with Gasteiger partial charge in [-0.05, 0) is 65.9 Å². The number of ketones is 1. The van der Waals surface area contributed by atoms with Gasteiger partial charge in [0.1, 0.15) is 11.5 Å². The third-order valence-electron chi connectivity index (χ3n) is 5.91. The van der Waals surface area contributed by atoms with Crippen molar-refractivity contribution in [3.63, 3.8) is 0 Å². The summed E-state index contributed by atoms with van der Waals surface area (Å²) in [6.45, 7) is 6.61. The highest BCUT2D eigenvalue weighted by molar-refractivity contribution is 6.46. The number of nitrogens with zero attached hydrogens (tertiary/aromatic N) is 2. The molecule has 1 atom stereocenters. The van der Waals surface area contributed by atoms with Crippen LogP contribution in [0.5, 0.6) is 5.75 Å². The summed E-state index contributed by atoms with van der Waals surface area (Å²) in [6, 6.07) is 12.9. The van der Waals surface area contributed by atoms with Gasteiger partial charge < -0.3 is 14.7 Å². The Labute approximate surface area is 220 Å². The van der Waals surface area contributed by atoms with Gasteiger partial charge in [-0.25, -0.2) is 0 Å². The molecule has 1 saturated heterocycles. The number of ether oxygens (including phenoxy) is 1. The van der Waals surface area contributed by atoms with Crippen LogP contribution < -0.4 is 4.74 Å². The zero-order valence-electron chi connectivity index (χ0n) is 20.2. The molecule has 8 heteroatoms. The van der Waals surface area contributed by atoms with Crippen LogP contribution in [0.2, 0.25) is 10.0 Å². The van der Waals surface area contributed by atoms with Crippen molar-refractivity contribution in [2.45, 2.75) is 33.4 Å². The molecule has 0 spiro atoms. The van der Waals surface area contributed by atoms with E-state index < -0.39 is 17.7 Å². The molecule has 1 aromatic heterocycles. The Morgan fingerprint density at radius 3 is 2.53 bits per heavy atom.